The first-order valence-corrected chi connectivity index (χ1v) is 8.55. The Morgan fingerprint density at radius 3 is 2.35 bits per heavy atom. The maximum absolute atomic E-state index is 13.3. The third-order valence-electron chi connectivity index (χ3n) is 4.75. The van der Waals surface area contributed by atoms with Crippen molar-refractivity contribution in [3.05, 3.63) is 76.0 Å². The molecule has 2 aromatic heterocycles. The van der Waals surface area contributed by atoms with Crippen molar-refractivity contribution in [2.45, 2.75) is 0 Å². The number of aryl methyl sites for hydroxylation is 1. The van der Waals surface area contributed by atoms with Gasteiger partial charge in [0, 0.05) is 23.0 Å². The van der Waals surface area contributed by atoms with E-state index in [1.165, 1.54) is 0 Å². The predicted octanol–water partition coefficient (Wildman–Crippen LogP) is 4.05. The molecule has 0 spiro atoms. The minimum atomic E-state index is -0.149. The lowest BCUT2D eigenvalue weighted by atomic mass is 10.1. The molecule has 0 fully saturated rings. The van der Waals surface area contributed by atoms with E-state index < -0.39 is 0 Å². The zero-order valence-electron chi connectivity index (χ0n) is 13.8. The number of aromatic nitrogens is 4. The van der Waals surface area contributed by atoms with Crippen LogP contribution in [0.15, 0.2) is 65.5 Å². The van der Waals surface area contributed by atoms with Gasteiger partial charge < -0.3 is 4.57 Å². The lowest BCUT2D eigenvalue weighted by Gasteiger charge is -2.03. The van der Waals surface area contributed by atoms with Crippen molar-refractivity contribution < 1.29 is 0 Å². The molecule has 26 heavy (non-hydrogen) atoms. The Hall–Kier alpha value is -3.18. The van der Waals surface area contributed by atoms with Crippen molar-refractivity contribution in [3.63, 3.8) is 0 Å². The molecule has 6 heteroatoms. The van der Waals surface area contributed by atoms with Gasteiger partial charge in [-0.25, -0.2) is 4.52 Å². The zero-order chi connectivity index (χ0) is 17.8. The van der Waals surface area contributed by atoms with Crippen LogP contribution in [0.2, 0.25) is 5.02 Å². The summed E-state index contributed by atoms with van der Waals surface area (Å²) in [7, 11) is 1.78. The van der Waals surface area contributed by atoms with Gasteiger partial charge in [0.1, 0.15) is 5.69 Å². The van der Waals surface area contributed by atoms with Gasteiger partial charge in [-0.05, 0) is 29.7 Å². The highest BCUT2D eigenvalue weighted by Gasteiger charge is 2.17. The third kappa shape index (κ3) is 2.01. The minimum absolute atomic E-state index is 0.149. The minimum Gasteiger partial charge on any atom is -0.309 e. The second kappa shape index (κ2) is 5.41. The van der Waals surface area contributed by atoms with Crippen LogP contribution in [-0.2, 0) is 7.05 Å². The van der Waals surface area contributed by atoms with Crippen molar-refractivity contribution in [2.24, 2.45) is 7.05 Å². The van der Waals surface area contributed by atoms with E-state index in [1.807, 2.05) is 48.5 Å². The normalized spacial score (nSPS) is 11.6. The highest BCUT2D eigenvalue weighted by molar-refractivity contribution is 6.30. The Morgan fingerprint density at radius 2 is 1.62 bits per heavy atom. The lowest BCUT2D eigenvalue weighted by Crippen LogP contribution is -2.15. The first-order chi connectivity index (χ1) is 12.6. The summed E-state index contributed by atoms with van der Waals surface area (Å²) in [5.41, 5.74) is 3.34. The molecule has 0 aliphatic carbocycles. The molecule has 0 saturated carbocycles. The second-order valence-corrected chi connectivity index (χ2v) is 6.66. The van der Waals surface area contributed by atoms with Gasteiger partial charge >= 0.3 is 0 Å². The predicted molar refractivity (Wildman–Crippen MR) is 104 cm³/mol. The van der Waals surface area contributed by atoms with Gasteiger partial charge in [-0.3, -0.25) is 4.79 Å². The lowest BCUT2D eigenvalue weighted by molar-refractivity contribution is 0.874. The number of benzene rings is 3. The average Bonchev–Trinajstić information content (AvgIpc) is 3.08. The van der Waals surface area contributed by atoms with Gasteiger partial charge in [0.15, 0.2) is 5.52 Å². The molecule has 0 aliphatic rings. The first-order valence-electron chi connectivity index (χ1n) is 8.17. The first kappa shape index (κ1) is 15.1. The molecule has 0 bridgehead atoms. The van der Waals surface area contributed by atoms with Crippen molar-refractivity contribution in [3.8, 4) is 11.3 Å². The van der Waals surface area contributed by atoms with Gasteiger partial charge in [-0.1, -0.05) is 53.2 Å². The van der Waals surface area contributed by atoms with Crippen LogP contribution < -0.4 is 5.56 Å². The van der Waals surface area contributed by atoms with Crippen LogP contribution in [0, 0.1) is 0 Å². The van der Waals surface area contributed by atoms with Gasteiger partial charge in [0.25, 0.3) is 5.56 Å². The van der Waals surface area contributed by atoms with E-state index in [0.717, 1.165) is 27.4 Å². The molecule has 3 aromatic carbocycles. The molecule has 0 amide bonds. The van der Waals surface area contributed by atoms with Crippen LogP contribution in [0.4, 0.5) is 0 Å². The van der Waals surface area contributed by atoms with Crippen molar-refractivity contribution in [1.82, 2.24) is 19.4 Å². The summed E-state index contributed by atoms with van der Waals surface area (Å²) in [5, 5.41) is 11.3. The molecule has 0 N–H and O–H groups in total. The summed E-state index contributed by atoms with van der Waals surface area (Å²) < 4.78 is 3.30. The molecule has 0 unspecified atom stereocenters. The third-order valence-corrected chi connectivity index (χ3v) is 5.00. The maximum Gasteiger partial charge on any atom is 0.279 e. The molecule has 0 atom stereocenters. The molecular formula is C20H13ClN4O. The Kier molecular flexibility index (Phi) is 3.14. The summed E-state index contributed by atoms with van der Waals surface area (Å²) in [6.45, 7) is 0. The SMILES string of the molecule is Cn1c(=O)c2c(-c3ccc(Cl)cc3)nnn2c2cccc3cccc1c32. The van der Waals surface area contributed by atoms with Gasteiger partial charge in [0.05, 0.1) is 11.0 Å². The van der Waals surface area contributed by atoms with E-state index in [-0.39, 0.29) is 5.56 Å². The number of rotatable bonds is 1. The Bertz CT molecular complexity index is 1360. The number of halogens is 1. The van der Waals surface area contributed by atoms with Crippen molar-refractivity contribution in [2.75, 3.05) is 0 Å². The molecule has 0 radical (unpaired) electrons. The second-order valence-electron chi connectivity index (χ2n) is 6.22. The fourth-order valence-corrected chi connectivity index (χ4v) is 3.60. The fraction of sp³-hybridized carbons (Fsp3) is 0.0500. The highest BCUT2D eigenvalue weighted by Crippen LogP contribution is 2.28. The fourth-order valence-electron chi connectivity index (χ4n) is 3.47. The van der Waals surface area contributed by atoms with Crippen LogP contribution in [0.25, 0.3) is 38.6 Å². The topological polar surface area (TPSA) is 52.2 Å². The van der Waals surface area contributed by atoms with E-state index in [0.29, 0.717) is 16.2 Å². The van der Waals surface area contributed by atoms with Crippen LogP contribution >= 0.6 is 11.6 Å². The Balaban J connectivity index is 2.05. The smallest absolute Gasteiger partial charge is 0.279 e. The summed E-state index contributed by atoms with van der Waals surface area (Å²) in [4.78, 5) is 13.3. The molecule has 5 aromatic rings. The molecule has 126 valence electrons. The standard InChI is InChI=1S/C20H13ClN4O/c1-24-15-6-2-4-12-5-3-7-16(17(12)15)25-19(20(24)26)18(22-23-25)13-8-10-14(21)11-9-13/h2-11H,1H3. The van der Waals surface area contributed by atoms with E-state index in [9.17, 15) is 4.79 Å². The van der Waals surface area contributed by atoms with E-state index in [1.54, 1.807) is 28.3 Å². The summed E-state index contributed by atoms with van der Waals surface area (Å²) in [6, 6.07) is 19.1. The molecule has 2 heterocycles. The average molecular weight is 361 g/mol. The van der Waals surface area contributed by atoms with Crippen LogP contribution in [-0.4, -0.2) is 19.4 Å². The molecule has 0 aliphatic heterocycles. The van der Waals surface area contributed by atoms with Crippen LogP contribution in [0.1, 0.15) is 0 Å². The Labute approximate surface area is 153 Å². The molecule has 5 rings (SSSR count). The number of hydrogen-bond donors (Lipinski definition) is 0. The summed E-state index contributed by atoms with van der Waals surface area (Å²) in [6.07, 6.45) is 0. The van der Waals surface area contributed by atoms with Gasteiger partial charge in [-0.15, -0.1) is 5.10 Å². The summed E-state index contributed by atoms with van der Waals surface area (Å²) in [5.74, 6) is 0. The number of fused-ring (bicyclic) bond motifs is 2. The number of hydrogen-bond acceptors (Lipinski definition) is 3. The molecular weight excluding hydrogens is 348 g/mol. The van der Waals surface area contributed by atoms with E-state index in [4.69, 9.17) is 11.6 Å². The Morgan fingerprint density at radius 1 is 0.923 bits per heavy atom. The van der Waals surface area contributed by atoms with E-state index >= 15 is 0 Å². The maximum atomic E-state index is 13.3. The van der Waals surface area contributed by atoms with Crippen molar-refractivity contribution >= 4 is 38.9 Å². The summed E-state index contributed by atoms with van der Waals surface area (Å²) >= 11 is 5.99. The molecule has 0 saturated heterocycles. The van der Waals surface area contributed by atoms with E-state index in [2.05, 4.69) is 10.3 Å². The van der Waals surface area contributed by atoms with Crippen LogP contribution in [0.5, 0.6) is 0 Å². The van der Waals surface area contributed by atoms with Gasteiger partial charge in [-0.2, -0.15) is 0 Å². The largest absolute Gasteiger partial charge is 0.309 e. The van der Waals surface area contributed by atoms with Gasteiger partial charge in [0.2, 0.25) is 0 Å². The molecule has 5 nitrogen and oxygen atoms in total. The number of nitrogens with zero attached hydrogens (tertiary/aromatic N) is 4. The van der Waals surface area contributed by atoms with Crippen LogP contribution in [0.3, 0.4) is 0 Å². The quantitative estimate of drug-likeness (QED) is 0.453. The monoisotopic (exact) mass is 360 g/mol. The highest BCUT2D eigenvalue weighted by atomic mass is 35.5. The zero-order valence-corrected chi connectivity index (χ0v) is 14.6. The van der Waals surface area contributed by atoms with Crippen molar-refractivity contribution in [1.29, 1.82) is 0 Å².